The molecule has 2 N–H and O–H groups in total. The van der Waals surface area contributed by atoms with E-state index in [1.807, 2.05) is 0 Å². The molecule has 0 unspecified atom stereocenters. The van der Waals surface area contributed by atoms with E-state index < -0.39 is 54.0 Å². The van der Waals surface area contributed by atoms with Crippen LogP contribution in [0.5, 0.6) is 0 Å². The Bertz CT molecular complexity index is 620. The zero-order chi connectivity index (χ0) is 18.5. The van der Waals surface area contributed by atoms with Crippen LogP contribution in [-0.4, -0.2) is 34.6 Å². The molecule has 132 valence electrons. The van der Waals surface area contributed by atoms with Crippen LogP contribution in [-0.2, 0) is 25.5 Å². The third-order valence-electron chi connectivity index (χ3n) is 2.71. The van der Waals surface area contributed by atoms with E-state index in [9.17, 15) is 23.2 Å². The smallest absolute Gasteiger partial charge is 0.326 e. The average molecular weight is 343 g/mol. The first kappa shape index (κ1) is 19.5. The molecule has 0 radical (unpaired) electrons. The standard InChI is InChI=1S/C16H19F2NO5/c1-16(2,3)24-14(21)8-12(15(22)23)19-13(20)6-9-4-10(17)7-11(18)5-9/h4-5,7,12H,6,8H2,1-3H3,(H,19,20)(H,22,23)/t12-/m0/s1. The summed E-state index contributed by atoms with van der Waals surface area (Å²) in [6.07, 6.45) is -0.983. The minimum Gasteiger partial charge on any atom is -0.480 e. The Labute approximate surface area is 137 Å². The molecule has 1 aromatic carbocycles. The van der Waals surface area contributed by atoms with Crippen LogP contribution in [0.25, 0.3) is 0 Å². The predicted molar refractivity (Wildman–Crippen MR) is 80.1 cm³/mol. The van der Waals surface area contributed by atoms with Gasteiger partial charge in [-0.3, -0.25) is 9.59 Å². The molecule has 0 saturated carbocycles. The van der Waals surface area contributed by atoms with Gasteiger partial charge in [-0.2, -0.15) is 0 Å². The molecule has 0 saturated heterocycles. The minimum absolute atomic E-state index is 0.0476. The number of halogens is 2. The van der Waals surface area contributed by atoms with Gasteiger partial charge in [0.2, 0.25) is 5.91 Å². The van der Waals surface area contributed by atoms with Crippen molar-refractivity contribution in [3.63, 3.8) is 0 Å². The van der Waals surface area contributed by atoms with E-state index in [2.05, 4.69) is 5.32 Å². The van der Waals surface area contributed by atoms with E-state index >= 15 is 0 Å². The lowest BCUT2D eigenvalue weighted by molar-refractivity contribution is -0.158. The van der Waals surface area contributed by atoms with Crippen molar-refractivity contribution in [1.82, 2.24) is 5.32 Å². The molecule has 1 amide bonds. The van der Waals surface area contributed by atoms with Crippen molar-refractivity contribution in [2.24, 2.45) is 0 Å². The molecule has 8 heteroatoms. The first-order valence-electron chi connectivity index (χ1n) is 7.15. The first-order chi connectivity index (χ1) is 11.0. The second-order valence-corrected chi connectivity index (χ2v) is 6.20. The number of carboxylic acid groups (broad SMARTS) is 1. The zero-order valence-corrected chi connectivity index (χ0v) is 13.6. The molecule has 1 rings (SSSR count). The molecule has 6 nitrogen and oxygen atoms in total. The van der Waals surface area contributed by atoms with E-state index in [1.165, 1.54) is 0 Å². The highest BCUT2D eigenvalue weighted by Gasteiger charge is 2.26. The Hall–Kier alpha value is -2.51. The normalized spacial score (nSPS) is 12.4. The van der Waals surface area contributed by atoms with Crippen LogP contribution in [0.3, 0.4) is 0 Å². The molecule has 0 bridgehead atoms. The summed E-state index contributed by atoms with van der Waals surface area (Å²) in [5.41, 5.74) is -0.741. The number of benzene rings is 1. The SMILES string of the molecule is CC(C)(C)OC(=O)C[C@H](NC(=O)Cc1cc(F)cc(F)c1)C(=O)O. The Morgan fingerprint density at radius 2 is 1.71 bits per heavy atom. The van der Waals surface area contributed by atoms with Crippen LogP contribution in [0.4, 0.5) is 8.78 Å². The summed E-state index contributed by atoms with van der Waals surface area (Å²) in [6.45, 7) is 4.87. The molecule has 0 aliphatic carbocycles. The molecule has 0 spiro atoms. The van der Waals surface area contributed by atoms with E-state index in [0.717, 1.165) is 12.1 Å². The largest absolute Gasteiger partial charge is 0.480 e. The summed E-state index contributed by atoms with van der Waals surface area (Å²) in [5.74, 6) is -4.68. The second-order valence-electron chi connectivity index (χ2n) is 6.20. The highest BCUT2D eigenvalue weighted by atomic mass is 19.1. The fraction of sp³-hybridized carbons (Fsp3) is 0.438. The number of ether oxygens (including phenoxy) is 1. The van der Waals surface area contributed by atoms with Crippen molar-refractivity contribution in [3.8, 4) is 0 Å². The lowest BCUT2D eigenvalue weighted by Gasteiger charge is -2.21. The summed E-state index contributed by atoms with van der Waals surface area (Å²) < 4.78 is 31.1. The van der Waals surface area contributed by atoms with Gasteiger partial charge in [0.25, 0.3) is 0 Å². The molecular formula is C16H19F2NO5. The fourth-order valence-corrected chi connectivity index (χ4v) is 1.89. The van der Waals surface area contributed by atoms with Gasteiger partial charge < -0.3 is 15.2 Å². The van der Waals surface area contributed by atoms with Gasteiger partial charge in [-0.05, 0) is 38.5 Å². The van der Waals surface area contributed by atoms with Gasteiger partial charge in [-0.1, -0.05) is 0 Å². The van der Waals surface area contributed by atoms with Crippen molar-refractivity contribution in [2.45, 2.75) is 45.3 Å². The van der Waals surface area contributed by atoms with Crippen LogP contribution in [0.1, 0.15) is 32.8 Å². The third-order valence-corrected chi connectivity index (χ3v) is 2.71. The van der Waals surface area contributed by atoms with Crippen LogP contribution in [0, 0.1) is 11.6 Å². The van der Waals surface area contributed by atoms with Crippen molar-refractivity contribution >= 4 is 17.8 Å². The lowest BCUT2D eigenvalue weighted by atomic mass is 10.1. The first-order valence-corrected chi connectivity index (χ1v) is 7.15. The monoisotopic (exact) mass is 343 g/mol. The Morgan fingerprint density at radius 3 is 2.17 bits per heavy atom. The lowest BCUT2D eigenvalue weighted by Crippen LogP contribution is -2.43. The maximum absolute atomic E-state index is 13.1. The predicted octanol–water partition coefficient (Wildman–Crippen LogP) is 1.81. The van der Waals surface area contributed by atoms with Gasteiger partial charge in [0.05, 0.1) is 12.8 Å². The number of carboxylic acids is 1. The van der Waals surface area contributed by atoms with Crippen LogP contribution < -0.4 is 5.32 Å². The maximum Gasteiger partial charge on any atom is 0.326 e. The minimum atomic E-state index is -1.49. The number of hydrogen-bond acceptors (Lipinski definition) is 4. The van der Waals surface area contributed by atoms with Gasteiger partial charge in [0.15, 0.2) is 0 Å². The summed E-state index contributed by atoms with van der Waals surface area (Å²) in [7, 11) is 0. The number of carbonyl (C=O) groups excluding carboxylic acids is 2. The topological polar surface area (TPSA) is 92.7 Å². The Morgan fingerprint density at radius 1 is 1.17 bits per heavy atom. The van der Waals surface area contributed by atoms with Crippen molar-refractivity contribution in [2.75, 3.05) is 0 Å². The second kappa shape index (κ2) is 7.85. The zero-order valence-electron chi connectivity index (χ0n) is 13.6. The Balaban J connectivity index is 2.69. The summed E-state index contributed by atoms with van der Waals surface area (Å²) in [6, 6.07) is 1.09. The van der Waals surface area contributed by atoms with E-state index in [-0.39, 0.29) is 5.56 Å². The third kappa shape index (κ3) is 7.17. The number of aliphatic carboxylic acids is 1. The average Bonchev–Trinajstić information content (AvgIpc) is 2.33. The summed E-state index contributed by atoms with van der Waals surface area (Å²) >= 11 is 0. The highest BCUT2D eigenvalue weighted by molar-refractivity contribution is 5.88. The molecule has 0 aliphatic rings. The van der Waals surface area contributed by atoms with E-state index in [0.29, 0.717) is 6.07 Å². The van der Waals surface area contributed by atoms with Gasteiger partial charge in [-0.25, -0.2) is 13.6 Å². The Kier molecular flexibility index (Phi) is 6.39. The fourth-order valence-electron chi connectivity index (χ4n) is 1.89. The molecule has 24 heavy (non-hydrogen) atoms. The van der Waals surface area contributed by atoms with Gasteiger partial charge in [0, 0.05) is 6.07 Å². The highest BCUT2D eigenvalue weighted by Crippen LogP contribution is 2.11. The molecule has 1 atom stereocenters. The molecule has 0 heterocycles. The van der Waals surface area contributed by atoms with Crippen molar-refractivity contribution in [3.05, 3.63) is 35.4 Å². The maximum atomic E-state index is 13.1. The van der Waals surface area contributed by atoms with Gasteiger partial charge in [0.1, 0.15) is 23.3 Å². The quantitative estimate of drug-likeness (QED) is 0.769. The van der Waals surface area contributed by atoms with Gasteiger partial charge in [-0.15, -0.1) is 0 Å². The number of nitrogens with one attached hydrogen (secondary N) is 1. The molecule has 0 aliphatic heterocycles. The van der Waals surface area contributed by atoms with Crippen molar-refractivity contribution < 1.29 is 33.0 Å². The van der Waals surface area contributed by atoms with Gasteiger partial charge >= 0.3 is 11.9 Å². The number of rotatable bonds is 6. The molecule has 1 aromatic rings. The molecule has 0 fully saturated rings. The van der Waals surface area contributed by atoms with Crippen LogP contribution in [0.2, 0.25) is 0 Å². The van der Waals surface area contributed by atoms with Crippen LogP contribution >= 0.6 is 0 Å². The van der Waals surface area contributed by atoms with Crippen molar-refractivity contribution in [1.29, 1.82) is 0 Å². The number of esters is 1. The number of carbonyl (C=O) groups is 3. The molecular weight excluding hydrogens is 324 g/mol. The van der Waals surface area contributed by atoms with Crippen LogP contribution in [0.15, 0.2) is 18.2 Å². The number of hydrogen-bond donors (Lipinski definition) is 2. The number of amides is 1. The van der Waals surface area contributed by atoms with E-state index in [4.69, 9.17) is 9.84 Å². The van der Waals surface area contributed by atoms with E-state index in [1.54, 1.807) is 20.8 Å². The summed E-state index contributed by atoms with van der Waals surface area (Å²) in [4.78, 5) is 34.7. The molecule has 0 aromatic heterocycles. The summed E-state index contributed by atoms with van der Waals surface area (Å²) in [5, 5.41) is 11.2.